The lowest BCUT2D eigenvalue weighted by molar-refractivity contribution is 0.155. The number of ether oxygens (including phenoxy) is 1. The molecule has 1 fully saturated rings. The number of hydrogen-bond acceptors (Lipinski definition) is 2. The first-order chi connectivity index (χ1) is 10.3. The van der Waals surface area contributed by atoms with E-state index in [0.29, 0.717) is 12.6 Å². The van der Waals surface area contributed by atoms with Crippen LogP contribution >= 0.6 is 0 Å². The molecule has 21 heavy (non-hydrogen) atoms. The SMILES string of the molecule is NCc1ccc(-c2ccc(OC3CCCCC3)cc2)cc1. The summed E-state index contributed by atoms with van der Waals surface area (Å²) in [5, 5.41) is 0. The lowest BCUT2D eigenvalue weighted by atomic mass is 9.98. The molecule has 3 rings (SSSR count). The molecule has 1 aliphatic carbocycles. The van der Waals surface area contributed by atoms with Gasteiger partial charge in [0.2, 0.25) is 0 Å². The smallest absolute Gasteiger partial charge is 0.119 e. The molecule has 0 amide bonds. The average molecular weight is 281 g/mol. The Balaban J connectivity index is 1.67. The predicted octanol–water partition coefficient (Wildman–Crippen LogP) is 4.52. The molecule has 0 saturated heterocycles. The van der Waals surface area contributed by atoms with Gasteiger partial charge < -0.3 is 10.5 Å². The normalized spacial score (nSPS) is 15.9. The van der Waals surface area contributed by atoms with Crippen LogP contribution in [0.15, 0.2) is 48.5 Å². The molecule has 0 heterocycles. The van der Waals surface area contributed by atoms with Crippen LogP contribution in [0.2, 0.25) is 0 Å². The standard InChI is InChI=1S/C19H23NO/c20-14-15-6-8-16(9-7-15)17-10-12-19(13-11-17)21-18-4-2-1-3-5-18/h6-13,18H,1-5,14,20H2. The first-order valence-corrected chi connectivity index (χ1v) is 7.91. The third-order valence-corrected chi connectivity index (χ3v) is 4.23. The molecule has 0 aromatic heterocycles. The van der Waals surface area contributed by atoms with Crippen LogP contribution in [-0.2, 0) is 6.54 Å². The highest BCUT2D eigenvalue weighted by atomic mass is 16.5. The first kappa shape index (κ1) is 14.2. The molecule has 0 aliphatic heterocycles. The Morgan fingerprint density at radius 2 is 1.38 bits per heavy atom. The molecule has 2 nitrogen and oxygen atoms in total. The average Bonchev–Trinajstić information content (AvgIpc) is 2.57. The number of nitrogens with two attached hydrogens (primary N) is 1. The highest BCUT2D eigenvalue weighted by molar-refractivity contribution is 5.64. The zero-order valence-electron chi connectivity index (χ0n) is 12.4. The van der Waals surface area contributed by atoms with Crippen molar-refractivity contribution in [2.24, 2.45) is 5.73 Å². The largest absolute Gasteiger partial charge is 0.490 e. The maximum absolute atomic E-state index is 6.07. The Morgan fingerprint density at radius 1 is 0.810 bits per heavy atom. The highest BCUT2D eigenvalue weighted by Gasteiger charge is 2.14. The second kappa shape index (κ2) is 6.77. The minimum absolute atomic E-state index is 0.411. The molecule has 0 unspecified atom stereocenters. The van der Waals surface area contributed by atoms with E-state index in [4.69, 9.17) is 10.5 Å². The summed E-state index contributed by atoms with van der Waals surface area (Å²) in [6.45, 7) is 0.592. The van der Waals surface area contributed by atoms with Crippen molar-refractivity contribution in [2.45, 2.75) is 44.8 Å². The van der Waals surface area contributed by atoms with Crippen molar-refractivity contribution in [1.82, 2.24) is 0 Å². The van der Waals surface area contributed by atoms with Crippen molar-refractivity contribution in [1.29, 1.82) is 0 Å². The van der Waals surface area contributed by atoms with Crippen LogP contribution < -0.4 is 10.5 Å². The van der Waals surface area contributed by atoms with Gasteiger partial charge in [-0.15, -0.1) is 0 Å². The quantitative estimate of drug-likeness (QED) is 0.894. The Morgan fingerprint density at radius 3 is 1.95 bits per heavy atom. The van der Waals surface area contributed by atoms with Crippen molar-refractivity contribution < 1.29 is 4.74 Å². The van der Waals surface area contributed by atoms with Gasteiger partial charge in [0.05, 0.1) is 6.10 Å². The van der Waals surface area contributed by atoms with E-state index in [9.17, 15) is 0 Å². The van der Waals surface area contributed by atoms with Crippen LogP contribution in [0.1, 0.15) is 37.7 Å². The van der Waals surface area contributed by atoms with E-state index in [1.54, 1.807) is 0 Å². The van der Waals surface area contributed by atoms with Crippen molar-refractivity contribution in [2.75, 3.05) is 0 Å². The zero-order valence-corrected chi connectivity index (χ0v) is 12.4. The number of benzene rings is 2. The molecule has 2 N–H and O–H groups in total. The van der Waals surface area contributed by atoms with Gasteiger partial charge in [0, 0.05) is 6.54 Å². The molecular weight excluding hydrogens is 258 g/mol. The summed E-state index contributed by atoms with van der Waals surface area (Å²) >= 11 is 0. The number of hydrogen-bond donors (Lipinski definition) is 1. The minimum Gasteiger partial charge on any atom is -0.490 e. The fraction of sp³-hybridized carbons (Fsp3) is 0.368. The van der Waals surface area contributed by atoms with Gasteiger partial charge in [0.15, 0.2) is 0 Å². The van der Waals surface area contributed by atoms with E-state index in [1.807, 2.05) is 0 Å². The van der Waals surface area contributed by atoms with E-state index >= 15 is 0 Å². The van der Waals surface area contributed by atoms with E-state index in [-0.39, 0.29) is 0 Å². The van der Waals surface area contributed by atoms with E-state index in [2.05, 4.69) is 48.5 Å². The van der Waals surface area contributed by atoms with Crippen molar-refractivity contribution in [3.05, 3.63) is 54.1 Å². The third kappa shape index (κ3) is 3.64. The summed E-state index contributed by atoms with van der Waals surface area (Å²) < 4.78 is 6.07. The van der Waals surface area contributed by atoms with Gasteiger partial charge >= 0.3 is 0 Å². The molecule has 1 saturated carbocycles. The highest BCUT2D eigenvalue weighted by Crippen LogP contribution is 2.26. The van der Waals surface area contributed by atoms with Gasteiger partial charge in [0.25, 0.3) is 0 Å². The van der Waals surface area contributed by atoms with E-state index in [0.717, 1.165) is 11.3 Å². The molecule has 110 valence electrons. The van der Waals surface area contributed by atoms with E-state index < -0.39 is 0 Å². The van der Waals surface area contributed by atoms with Crippen LogP contribution in [0, 0.1) is 0 Å². The van der Waals surface area contributed by atoms with Crippen LogP contribution in [0.5, 0.6) is 5.75 Å². The Bertz CT molecular complexity index is 553. The fourth-order valence-corrected chi connectivity index (χ4v) is 2.93. The monoisotopic (exact) mass is 281 g/mol. The minimum atomic E-state index is 0.411. The van der Waals surface area contributed by atoms with Crippen molar-refractivity contribution in [3.63, 3.8) is 0 Å². The van der Waals surface area contributed by atoms with Crippen molar-refractivity contribution >= 4 is 0 Å². The summed E-state index contributed by atoms with van der Waals surface area (Å²) in [6.07, 6.45) is 6.77. The molecule has 2 aromatic carbocycles. The van der Waals surface area contributed by atoms with Gasteiger partial charge in [-0.25, -0.2) is 0 Å². The van der Waals surface area contributed by atoms with Gasteiger partial charge in [-0.3, -0.25) is 0 Å². The Labute approximate surface area is 126 Å². The fourth-order valence-electron chi connectivity index (χ4n) is 2.93. The Kier molecular flexibility index (Phi) is 4.56. The molecule has 0 spiro atoms. The molecular formula is C19H23NO. The second-order valence-corrected chi connectivity index (χ2v) is 5.80. The molecule has 0 bridgehead atoms. The summed E-state index contributed by atoms with van der Waals surface area (Å²) in [6, 6.07) is 16.9. The van der Waals surface area contributed by atoms with Crippen LogP contribution in [-0.4, -0.2) is 6.10 Å². The lowest BCUT2D eigenvalue weighted by Crippen LogP contribution is -2.19. The summed E-state index contributed by atoms with van der Waals surface area (Å²) in [4.78, 5) is 0. The maximum Gasteiger partial charge on any atom is 0.119 e. The van der Waals surface area contributed by atoms with Crippen LogP contribution in [0.25, 0.3) is 11.1 Å². The molecule has 1 aliphatic rings. The Hall–Kier alpha value is -1.80. The van der Waals surface area contributed by atoms with Crippen molar-refractivity contribution in [3.8, 4) is 16.9 Å². The van der Waals surface area contributed by atoms with Gasteiger partial charge in [-0.05, 0) is 54.5 Å². The summed E-state index contributed by atoms with van der Waals surface area (Å²) in [7, 11) is 0. The van der Waals surface area contributed by atoms with Gasteiger partial charge in [-0.2, -0.15) is 0 Å². The topological polar surface area (TPSA) is 35.2 Å². The zero-order chi connectivity index (χ0) is 14.5. The summed E-state index contributed by atoms with van der Waals surface area (Å²) in [5.74, 6) is 0.990. The summed E-state index contributed by atoms with van der Waals surface area (Å²) in [5.41, 5.74) is 9.23. The van der Waals surface area contributed by atoms with Gasteiger partial charge in [0.1, 0.15) is 5.75 Å². The van der Waals surface area contributed by atoms with Crippen LogP contribution in [0.3, 0.4) is 0 Å². The lowest BCUT2D eigenvalue weighted by Gasteiger charge is -2.23. The number of rotatable bonds is 4. The molecule has 2 heteroatoms. The van der Waals surface area contributed by atoms with E-state index in [1.165, 1.54) is 43.2 Å². The molecule has 0 radical (unpaired) electrons. The molecule has 2 aromatic rings. The maximum atomic E-state index is 6.07. The molecule has 0 atom stereocenters. The first-order valence-electron chi connectivity index (χ1n) is 7.91. The second-order valence-electron chi connectivity index (χ2n) is 5.80. The van der Waals surface area contributed by atoms with Crippen LogP contribution in [0.4, 0.5) is 0 Å². The predicted molar refractivity (Wildman–Crippen MR) is 87.3 cm³/mol. The van der Waals surface area contributed by atoms with Gasteiger partial charge in [-0.1, -0.05) is 42.8 Å². The third-order valence-electron chi connectivity index (χ3n) is 4.23.